The first-order valence-corrected chi connectivity index (χ1v) is 4.03. The summed E-state index contributed by atoms with van der Waals surface area (Å²) >= 11 is 0. The molecule has 0 unspecified atom stereocenters. The number of aromatic carboxylic acids is 1. The van der Waals surface area contributed by atoms with E-state index in [2.05, 4.69) is 0 Å². The Labute approximate surface area is 96.1 Å². The fourth-order valence-electron chi connectivity index (χ4n) is 1.08. The molecule has 0 radical (unpaired) electrons. The molecule has 16 heavy (non-hydrogen) atoms. The summed E-state index contributed by atoms with van der Waals surface area (Å²) in [6.45, 7) is 0. The lowest BCUT2D eigenvalue weighted by molar-refractivity contribution is 0.0692. The zero-order valence-electron chi connectivity index (χ0n) is 7.93. The molecule has 90 valence electrons. The predicted octanol–water partition coefficient (Wildman–Crippen LogP) is 1.78. The standard InChI is InChI=1S/C9H9F2NO3.ClH/c10-8(11)7(12)4-1-2-6(13)5(3-4)9(14)15;/h1-3,7-8,13H,12H2,(H,14,15);1H/t7-;/m1./s1. The highest BCUT2D eigenvalue weighted by Gasteiger charge is 2.20. The smallest absolute Gasteiger partial charge is 0.339 e. The van der Waals surface area contributed by atoms with Gasteiger partial charge in [-0.05, 0) is 17.7 Å². The van der Waals surface area contributed by atoms with E-state index in [1.165, 1.54) is 6.07 Å². The molecule has 1 atom stereocenters. The van der Waals surface area contributed by atoms with E-state index in [0.29, 0.717) is 0 Å². The number of benzene rings is 1. The summed E-state index contributed by atoms with van der Waals surface area (Å²) in [4.78, 5) is 10.6. The van der Waals surface area contributed by atoms with Gasteiger partial charge in [0, 0.05) is 0 Å². The maximum absolute atomic E-state index is 12.2. The summed E-state index contributed by atoms with van der Waals surface area (Å²) in [7, 11) is 0. The van der Waals surface area contributed by atoms with E-state index in [1.54, 1.807) is 0 Å². The van der Waals surface area contributed by atoms with Crippen molar-refractivity contribution in [3.05, 3.63) is 29.3 Å². The van der Waals surface area contributed by atoms with E-state index < -0.39 is 29.7 Å². The Morgan fingerprint density at radius 3 is 2.38 bits per heavy atom. The van der Waals surface area contributed by atoms with Gasteiger partial charge in [0.25, 0.3) is 6.43 Å². The summed E-state index contributed by atoms with van der Waals surface area (Å²) in [6.07, 6.45) is -2.78. The molecule has 1 aromatic carbocycles. The van der Waals surface area contributed by atoms with E-state index in [1.807, 2.05) is 0 Å². The van der Waals surface area contributed by atoms with Gasteiger partial charge in [0.1, 0.15) is 11.3 Å². The van der Waals surface area contributed by atoms with E-state index >= 15 is 0 Å². The second-order valence-electron chi connectivity index (χ2n) is 2.94. The fraction of sp³-hybridized carbons (Fsp3) is 0.222. The molecule has 0 aliphatic carbocycles. The van der Waals surface area contributed by atoms with Gasteiger partial charge < -0.3 is 15.9 Å². The zero-order valence-corrected chi connectivity index (χ0v) is 8.75. The van der Waals surface area contributed by atoms with Crippen LogP contribution in [0.4, 0.5) is 8.78 Å². The summed E-state index contributed by atoms with van der Waals surface area (Å²) in [5, 5.41) is 17.7. The molecule has 1 aromatic rings. The summed E-state index contributed by atoms with van der Waals surface area (Å²) < 4.78 is 24.4. The maximum Gasteiger partial charge on any atom is 0.339 e. The van der Waals surface area contributed by atoms with Crippen LogP contribution in [0.1, 0.15) is 22.0 Å². The number of alkyl halides is 2. The monoisotopic (exact) mass is 253 g/mol. The van der Waals surface area contributed by atoms with Crippen molar-refractivity contribution in [2.45, 2.75) is 12.5 Å². The number of phenols is 1. The molecular formula is C9H10ClF2NO3. The topological polar surface area (TPSA) is 83.5 Å². The molecule has 1 rings (SSSR count). The molecule has 0 aliphatic rings. The maximum atomic E-state index is 12.2. The third-order valence-corrected chi connectivity index (χ3v) is 1.91. The Morgan fingerprint density at radius 2 is 1.94 bits per heavy atom. The number of carboxylic acids is 1. The highest BCUT2D eigenvalue weighted by atomic mass is 35.5. The van der Waals surface area contributed by atoms with Crippen molar-refractivity contribution >= 4 is 18.4 Å². The third-order valence-electron chi connectivity index (χ3n) is 1.91. The predicted molar refractivity (Wildman–Crippen MR) is 55.2 cm³/mol. The summed E-state index contributed by atoms with van der Waals surface area (Å²) in [5.41, 5.74) is 4.66. The van der Waals surface area contributed by atoms with Crippen molar-refractivity contribution in [3.63, 3.8) is 0 Å². The molecule has 0 amide bonds. The van der Waals surface area contributed by atoms with Crippen LogP contribution in [0.3, 0.4) is 0 Å². The van der Waals surface area contributed by atoms with Crippen LogP contribution in [0.2, 0.25) is 0 Å². The lowest BCUT2D eigenvalue weighted by atomic mass is 10.0. The minimum atomic E-state index is -2.78. The zero-order chi connectivity index (χ0) is 11.6. The molecular weight excluding hydrogens is 244 g/mol. The number of rotatable bonds is 3. The second kappa shape index (κ2) is 5.62. The van der Waals surface area contributed by atoms with Crippen LogP contribution >= 0.6 is 12.4 Å². The van der Waals surface area contributed by atoms with E-state index in [0.717, 1.165) is 12.1 Å². The fourth-order valence-corrected chi connectivity index (χ4v) is 1.08. The van der Waals surface area contributed by atoms with Gasteiger partial charge in [0.15, 0.2) is 0 Å². The van der Waals surface area contributed by atoms with Gasteiger partial charge in [0.05, 0.1) is 6.04 Å². The highest BCUT2D eigenvalue weighted by Crippen LogP contribution is 2.24. The first-order valence-electron chi connectivity index (χ1n) is 4.03. The molecule has 0 fully saturated rings. The number of nitrogens with two attached hydrogens (primary N) is 1. The van der Waals surface area contributed by atoms with Crippen LogP contribution in [0, 0.1) is 0 Å². The number of aromatic hydroxyl groups is 1. The lowest BCUT2D eigenvalue weighted by Crippen LogP contribution is -2.19. The third kappa shape index (κ3) is 3.04. The van der Waals surface area contributed by atoms with Crippen LogP contribution in [0.25, 0.3) is 0 Å². The Morgan fingerprint density at radius 1 is 1.38 bits per heavy atom. The molecule has 0 saturated carbocycles. The van der Waals surface area contributed by atoms with Gasteiger partial charge in [-0.1, -0.05) is 6.07 Å². The SMILES string of the molecule is Cl.N[C@H](c1ccc(O)c(C(=O)O)c1)C(F)F. The van der Waals surface area contributed by atoms with Gasteiger partial charge in [-0.3, -0.25) is 0 Å². The minimum absolute atomic E-state index is 0. The van der Waals surface area contributed by atoms with Crippen LogP contribution in [-0.2, 0) is 0 Å². The average Bonchev–Trinajstić information content (AvgIpc) is 2.16. The van der Waals surface area contributed by atoms with Gasteiger partial charge >= 0.3 is 5.97 Å². The van der Waals surface area contributed by atoms with Gasteiger partial charge in [-0.2, -0.15) is 0 Å². The van der Waals surface area contributed by atoms with Crippen molar-refractivity contribution in [1.29, 1.82) is 0 Å². The number of hydrogen-bond acceptors (Lipinski definition) is 3. The lowest BCUT2D eigenvalue weighted by Gasteiger charge is -2.11. The molecule has 0 saturated heterocycles. The summed E-state index contributed by atoms with van der Waals surface area (Å²) in [5.74, 6) is -1.87. The van der Waals surface area contributed by atoms with E-state index in [4.69, 9.17) is 15.9 Å². The minimum Gasteiger partial charge on any atom is -0.507 e. The molecule has 4 nitrogen and oxygen atoms in total. The quantitative estimate of drug-likeness (QED) is 0.767. The Hall–Kier alpha value is -1.40. The molecule has 0 spiro atoms. The molecule has 4 N–H and O–H groups in total. The molecule has 7 heteroatoms. The van der Waals surface area contributed by atoms with Crippen molar-refractivity contribution in [3.8, 4) is 5.75 Å². The molecule has 0 heterocycles. The molecule has 0 aliphatic heterocycles. The molecule has 0 bridgehead atoms. The van der Waals surface area contributed by atoms with Crippen molar-refractivity contribution in [2.24, 2.45) is 5.73 Å². The van der Waals surface area contributed by atoms with Crippen molar-refractivity contribution < 1.29 is 23.8 Å². The Bertz CT molecular complexity index is 387. The highest BCUT2D eigenvalue weighted by molar-refractivity contribution is 5.90. The van der Waals surface area contributed by atoms with E-state index in [9.17, 15) is 13.6 Å². The Balaban J connectivity index is 0.00000225. The van der Waals surface area contributed by atoms with Crippen LogP contribution < -0.4 is 5.73 Å². The summed E-state index contributed by atoms with van der Waals surface area (Å²) in [6, 6.07) is 1.58. The van der Waals surface area contributed by atoms with Gasteiger partial charge in [0.2, 0.25) is 0 Å². The van der Waals surface area contributed by atoms with Gasteiger partial charge in [-0.25, -0.2) is 13.6 Å². The first-order chi connectivity index (χ1) is 6.93. The number of carboxylic acid groups (broad SMARTS) is 1. The molecule has 0 aromatic heterocycles. The average molecular weight is 254 g/mol. The number of carbonyl (C=O) groups is 1. The van der Waals surface area contributed by atoms with Crippen LogP contribution in [0.5, 0.6) is 5.75 Å². The first kappa shape index (κ1) is 14.6. The Kier molecular flexibility index (Phi) is 5.13. The number of halogens is 3. The van der Waals surface area contributed by atoms with E-state index in [-0.39, 0.29) is 18.0 Å². The van der Waals surface area contributed by atoms with Crippen LogP contribution in [-0.4, -0.2) is 22.6 Å². The van der Waals surface area contributed by atoms with Crippen molar-refractivity contribution in [1.82, 2.24) is 0 Å². The number of hydrogen-bond donors (Lipinski definition) is 3. The normalized spacial score (nSPS) is 12.0. The largest absolute Gasteiger partial charge is 0.507 e. The second-order valence-corrected chi connectivity index (χ2v) is 2.94. The van der Waals surface area contributed by atoms with Gasteiger partial charge in [-0.15, -0.1) is 12.4 Å². The van der Waals surface area contributed by atoms with Crippen molar-refractivity contribution in [2.75, 3.05) is 0 Å². The van der Waals surface area contributed by atoms with Crippen LogP contribution in [0.15, 0.2) is 18.2 Å².